The first kappa shape index (κ1) is 12.1. The van der Waals surface area contributed by atoms with Gasteiger partial charge in [0.1, 0.15) is 5.75 Å². The predicted molar refractivity (Wildman–Crippen MR) is 73.0 cm³/mol. The van der Waals surface area contributed by atoms with Crippen molar-refractivity contribution < 1.29 is 4.74 Å². The molecule has 0 saturated heterocycles. The summed E-state index contributed by atoms with van der Waals surface area (Å²) in [5.74, 6) is 0.820. The molecule has 17 heavy (non-hydrogen) atoms. The fraction of sp³-hybridized carbons (Fsp3) is 0.0769. The van der Waals surface area contributed by atoms with Gasteiger partial charge >= 0.3 is 0 Å². The lowest BCUT2D eigenvalue weighted by Crippen LogP contribution is -1.89. The summed E-state index contributed by atoms with van der Waals surface area (Å²) >= 11 is 7.65. The Morgan fingerprint density at radius 3 is 2.65 bits per heavy atom. The van der Waals surface area contributed by atoms with Crippen LogP contribution in [0.3, 0.4) is 0 Å². The number of nitrogens with two attached hydrogens (primary N) is 1. The molecule has 0 amide bonds. The largest absolute Gasteiger partial charge is 0.497 e. The van der Waals surface area contributed by atoms with Gasteiger partial charge in [-0.2, -0.15) is 0 Å². The van der Waals surface area contributed by atoms with E-state index >= 15 is 0 Å². The highest BCUT2D eigenvalue weighted by Crippen LogP contribution is 2.38. The lowest BCUT2D eigenvalue weighted by Gasteiger charge is -2.08. The van der Waals surface area contributed by atoms with Crippen LogP contribution in [0.4, 0.5) is 5.69 Å². The molecule has 2 aromatic rings. The molecule has 0 saturated carbocycles. The molecule has 0 aliphatic rings. The van der Waals surface area contributed by atoms with Gasteiger partial charge in [0.05, 0.1) is 17.0 Å². The highest BCUT2D eigenvalue weighted by Gasteiger charge is 2.07. The molecule has 0 atom stereocenters. The van der Waals surface area contributed by atoms with Gasteiger partial charge in [-0.1, -0.05) is 35.5 Å². The summed E-state index contributed by atoms with van der Waals surface area (Å²) in [6, 6.07) is 13.3. The quantitative estimate of drug-likeness (QED) is 0.850. The second kappa shape index (κ2) is 5.34. The second-order valence-corrected chi connectivity index (χ2v) is 4.93. The molecule has 0 unspecified atom stereocenters. The van der Waals surface area contributed by atoms with Gasteiger partial charge in [0.25, 0.3) is 0 Å². The molecule has 0 spiro atoms. The molecular formula is C13H12ClNOS. The average molecular weight is 266 g/mol. The van der Waals surface area contributed by atoms with Crippen LogP contribution in [0, 0.1) is 0 Å². The smallest absolute Gasteiger partial charge is 0.119 e. The van der Waals surface area contributed by atoms with Gasteiger partial charge in [0.15, 0.2) is 0 Å². The van der Waals surface area contributed by atoms with E-state index in [4.69, 9.17) is 22.1 Å². The third kappa shape index (κ3) is 2.87. The zero-order chi connectivity index (χ0) is 12.3. The topological polar surface area (TPSA) is 35.2 Å². The maximum atomic E-state index is 6.12. The lowest BCUT2D eigenvalue weighted by molar-refractivity contribution is 0.413. The summed E-state index contributed by atoms with van der Waals surface area (Å²) in [6.45, 7) is 0. The number of hydrogen-bond donors (Lipinski definition) is 1. The number of ether oxygens (including phenoxy) is 1. The molecule has 0 bridgehead atoms. The molecule has 0 heterocycles. The number of benzene rings is 2. The van der Waals surface area contributed by atoms with Crippen LogP contribution in [0.25, 0.3) is 0 Å². The molecule has 88 valence electrons. The molecule has 2 aromatic carbocycles. The van der Waals surface area contributed by atoms with E-state index in [1.807, 2.05) is 42.5 Å². The number of nitrogen functional groups attached to an aromatic ring is 1. The number of halogens is 1. The van der Waals surface area contributed by atoms with Crippen molar-refractivity contribution in [3.05, 3.63) is 47.5 Å². The Balaban J connectivity index is 2.31. The molecule has 2 N–H and O–H groups in total. The maximum absolute atomic E-state index is 6.12. The van der Waals surface area contributed by atoms with Gasteiger partial charge in [-0.25, -0.2) is 0 Å². The Morgan fingerprint density at radius 2 is 1.94 bits per heavy atom. The van der Waals surface area contributed by atoms with Gasteiger partial charge in [-0.3, -0.25) is 0 Å². The van der Waals surface area contributed by atoms with Gasteiger partial charge in [0, 0.05) is 10.6 Å². The van der Waals surface area contributed by atoms with Crippen LogP contribution in [0.1, 0.15) is 0 Å². The van der Waals surface area contributed by atoms with Gasteiger partial charge in [-0.05, 0) is 30.3 Å². The standard InChI is InChI=1S/C13H12ClNOS/c1-16-9-4-2-5-10(8-9)17-13-11(14)6-3-7-12(13)15/h2-8H,15H2,1H3. The minimum atomic E-state index is 0.665. The van der Waals surface area contributed by atoms with Crippen LogP contribution in [-0.4, -0.2) is 7.11 Å². The Morgan fingerprint density at radius 1 is 1.18 bits per heavy atom. The van der Waals surface area contributed by atoms with Crippen molar-refractivity contribution in [1.82, 2.24) is 0 Å². The van der Waals surface area contributed by atoms with Gasteiger partial charge in [-0.15, -0.1) is 0 Å². The SMILES string of the molecule is COc1cccc(Sc2c(N)cccc2Cl)c1. The fourth-order valence-corrected chi connectivity index (χ4v) is 2.62. The number of rotatable bonds is 3. The minimum Gasteiger partial charge on any atom is -0.497 e. The lowest BCUT2D eigenvalue weighted by atomic mass is 10.3. The van der Waals surface area contributed by atoms with E-state index in [2.05, 4.69) is 0 Å². The Labute approximate surface area is 110 Å². The van der Waals surface area contributed by atoms with Crippen molar-refractivity contribution in [2.75, 3.05) is 12.8 Å². The van der Waals surface area contributed by atoms with E-state index in [1.54, 1.807) is 7.11 Å². The molecule has 0 aromatic heterocycles. The maximum Gasteiger partial charge on any atom is 0.119 e. The second-order valence-electron chi connectivity index (χ2n) is 3.44. The summed E-state index contributed by atoms with van der Waals surface area (Å²) in [4.78, 5) is 1.92. The molecule has 2 nitrogen and oxygen atoms in total. The molecule has 0 aliphatic heterocycles. The zero-order valence-electron chi connectivity index (χ0n) is 9.31. The third-order valence-electron chi connectivity index (χ3n) is 2.26. The summed E-state index contributed by atoms with van der Waals surface area (Å²) in [5, 5.41) is 0.665. The fourth-order valence-electron chi connectivity index (χ4n) is 1.42. The van der Waals surface area contributed by atoms with E-state index in [1.165, 1.54) is 11.8 Å². The van der Waals surface area contributed by atoms with E-state index < -0.39 is 0 Å². The Kier molecular flexibility index (Phi) is 3.82. The predicted octanol–water partition coefficient (Wildman–Crippen LogP) is 4.08. The Bertz CT molecular complexity index is 510. The molecule has 2 rings (SSSR count). The first-order valence-corrected chi connectivity index (χ1v) is 6.26. The summed E-state index contributed by atoms with van der Waals surface area (Å²) < 4.78 is 5.18. The minimum absolute atomic E-state index is 0.665. The van der Waals surface area contributed by atoms with E-state index in [-0.39, 0.29) is 0 Å². The normalized spacial score (nSPS) is 10.2. The number of hydrogen-bond acceptors (Lipinski definition) is 3. The third-order valence-corrected chi connectivity index (χ3v) is 3.83. The first-order chi connectivity index (χ1) is 8.20. The summed E-state index contributed by atoms with van der Waals surface area (Å²) in [6.07, 6.45) is 0. The van der Waals surface area contributed by atoms with Crippen LogP contribution in [0.15, 0.2) is 52.3 Å². The zero-order valence-corrected chi connectivity index (χ0v) is 10.9. The first-order valence-electron chi connectivity index (χ1n) is 5.06. The summed E-state index contributed by atoms with van der Waals surface area (Å²) in [7, 11) is 1.65. The van der Waals surface area contributed by atoms with E-state index in [0.717, 1.165) is 15.5 Å². The van der Waals surface area contributed by atoms with E-state index in [0.29, 0.717) is 10.7 Å². The monoisotopic (exact) mass is 265 g/mol. The summed E-state index contributed by atoms with van der Waals surface area (Å²) in [5.41, 5.74) is 6.59. The van der Waals surface area contributed by atoms with Crippen molar-refractivity contribution in [1.29, 1.82) is 0 Å². The highest BCUT2D eigenvalue weighted by atomic mass is 35.5. The molecule has 0 fully saturated rings. The van der Waals surface area contributed by atoms with E-state index in [9.17, 15) is 0 Å². The average Bonchev–Trinajstić information content (AvgIpc) is 2.34. The molecular weight excluding hydrogens is 254 g/mol. The molecule has 4 heteroatoms. The van der Waals surface area contributed by atoms with Crippen LogP contribution in [-0.2, 0) is 0 Å². The van der Waals surface area contributed by atoms with Crippen molar-refractivity contribution in [2.24, 2.45) is 0 Å². The van der Waals surface area contributed by atoms with Crippen molar-refractivity contribution in [2.45, 2.75) is 9.79 Å². The Hall–Kier alpha value is -1.32. The van der Waals surface area contributed by atoms with Gasteiger partial charge in [0.2, 0.25) is 0 Å². The van der Waals surface area contributed by atoms with Crippen LogP contribution >= 0.6 is 23.4 Å². The number of methoxy groups -OCH3 is 1. The van der Waals surface area contributed by atoms with Crippen molar-refractivity contribution in [3.8, 4) is 5.75 Å². The van der Waals surface area contributed by atoms with Crippen LogP contribution in [0.5, 0.6) is 5.75 Å². The van der Waals surface area contributed by atoms with Crippen molar-refractivity contribution >= 4 is 29.1 Å². The molecule has 0 aliphatic carbocycles. The highest BCUT2D eigenvalue weighted by molar-refractivity contribution is 7.99. The molecule has 0 radical (unpaired) electrons. The van der Waals surface area contributed by atoms with Crippen molar-refractivity contribution in [3.63, 3.8) is 0 Å². The van der Waals surface area contributed by atoms with Crippen LogP contribution < -0.4 is 10.5 Å². The van der Waals surface area contributed by atoms with Crippen LogP contribution in [0.2, 0.25) is 5.02 Å². The van der Waals surface area contributed by atoms with Gasteiger partial charge < -0.3 is 10.5 Å². The number of anilines is 1.